The molecule has 6 heteroatoms. The van der Waals surface area contributed by atoms with E-state index in [-0.39, 0.29) is 17.6 Å². The molecule has 0 aromatic heterocycles. The van der Waals surface area contributed by atoms with Crippen LogP contribution in [-0.4, -0.2) is 49.4 Å². The number of amides is 1. The molecule has 1 heterocycles. The van der Waals surface area contributed by atoms with Crippen molar-refractivity contribution in [1.29, 1.82) is 0 Å². The largest absolute Gasteiger partial charge is 0.379 e. The van der Waals surface area contributed by atoms with Crippen LogP contribution in [0.25, 0.3) is 6.08 Å². The second kappa shape index (κ2) is 15.6. The number of ketones is 1. The van der Waals surface area contributed by atoms with Gasteiger partial charge in [-0.3, -0.25) is 14.5 Å². The zero-order valence-corrected chi connectivity index (χ0v) is 20.8. The highest BCUT2D eigenvalue weighted by atomic mass is 16.5. The highest BCUT2D eigenvalue weighted by molar-refractivity contribution is 5.96. The standard InChI is InChI=1S/C25H27NO2.C4H10N2O/c1-2-5-25(27)24-14-12-22(13-15-24)7-4-3-6-21-8-10-23(11-9-21)20-26-16-18-28-19-17-26;1-3(2-5)4(6)7/h4,7-15H,2,5,16-20H2,1H3;3H,2,5H2,1H3,(H2,6,7)/b7-4+;. The van der Waals surface area contributed by atoms with Crippen LogP contribution in [0.3, 0.4) is 0 Å². The van der Waals surface area contributed by atoms with E-state index in [1.807, 2.05) is 43.3 Å². The quantitative estimate of drug-likeness (QED) is 0.449. The van der Waals surface area contributed by atoms with E-state index >= 15 is 0 Å². The van der Waals surface area contributed by atoms with E-state index in [1.165, 1.54) is 5.56 Å². The lowest BCUT2D eigenvalue weighted by molar-refractivity contribution is -0.121. The van der Waals surface area contributed by atoms with Gasteiger partial charge in [0, 0.05) is 49.6 Å². The number of ether oxygens (including phenoxy) is 1. The number of carbonyl (C=O) groups excluding carboxylic acids is 2. The highest BCUT2D eigenvalue weighted by Crippen LogP contribution is 2.10. The lowest BCUT2D eigenvalue weighted by atomic mass is 10.0. The summed E-state index contributed by atoms with van der Waals surface area (Å²) in [5.41, 5.74) is 14.0. The van der Waals surface area contributed by atoms with Crippen molar-refractivity contribution in [2.45, 2.75) is 33.2 Å². The second-order valence-electron chi connectivity index (χ2n) is 8.52. The fraction of sp³-hybridized carbons (Fsp3) is 0.379. The first-order valence-electron chi connectivity index (χ1n) is 12.1. The second-order valence-corrected chi connectivity index (χ2v) is 8.52. The van der Waals surface area contributed by atoms with Crippen LogP contribution < -0.4 is 11.5 Å². The lowest BCUT2D eigenvalue weighted by Crippen LogP contribution is -2.35. The summed E-state index contributed by atoms with van der Waals surface area (Å²) >= 11 is 0. The van der Waals surface area contributed by atoms with E-state index in [0.717, 1.165) is 56.0 Å². The molecule has 0 spiro atoms. The van der Waals surface area contributed by atoms with Crippen molar-refractivity contribution < 1.29 is 14.3 Å². The Morgan fingerprint density at radius 2 is 1.74 bits per heavy atom. The number of carbonyl (C=O) groups is 2. The number of rotatable bonds is 8. The number of Topliss-reactive ketones (excluding diaryl/α,β-unsaturated/α-hetero) is 1. The van der Waals surface area contributed by atoms with Gasteiger partial charge in [-0.1, -0.05) is 62.1 Å². The summed E-state index contributed by atoms with van der Waals surface area (Å²) in [6.45, 7) is 8.68. The molecule has 186 valence electrons. The van der Waals surface area contributed by atoms with Crippen LogP contribution in [0.15, 0.2) is 54.6 Å². The van der Waals surface area contributed by atoms with Gasteiger partial charge in [-0.2, -0.15) is 0 Å². The van der Waals surface area contributed by atoms with E-state index in [1.54, 1.807) is 6.92 Å². The molecule has 1 fully saturated rings. The molecule has 1 amide bonds. The molecule has 35 heavy (non-hydrogen) atoms. The maximum absolute atomic E-state index is 11.9. The molecule has 2 aromatic rings. The van der Waals surface area contributed by atoms with Gasteiger partial charge < -0.3 is 16.2 Å². The smallest absolute Gasteiger partial charge is 0.221 e. The molecule has 3 rings (SSSR count). The summed E-state index contributed by atoms with van der Waals surface area (Å²) in [5.74, 6) is 5.94. The molecule has 0 bridgehead atoms. The zero-order valence-electron chi connectivity index (χ0n) is 20.8. The fourth-order valence-electron chi connectivity index (χ4n) is 3.24. The minimum atomic E-state index is -0.331. The molecule has 0 aliphatic carbocycles. The average molecular weight is 476 g/mol. The van der Waals surface area contributed by atoms with Crippen LogP contribution in [0.1, 0.15) is 53.7 Å². The molecule has 2 aromatic carbocycles. The van der Waals surface area contributed by atoms with Crippen LogP contribution in [0.5, 0.6) is 0 Å². The summed E-state index contributed by atoms with van der Waals surface area (Å²) < 4.78 is 5.39. The van der Waals surface area contributed by atoms with Crippen molar-refractivity contribution in [3.8, 4) is 11.8 Å². The van der Waals surface area contributed by atoms with Gasteiger partial charge in [-0.05, 0) is 41.8 Å². The van der Waals surface area contributed by atoms with Gasteiger partial charge in [0.25, 0.3) is 0 Å². The number of hydrogen-bond donors (Lipinski definition) is 2. The average Bonchev–Trinajstić information content (AvgIpc) is 2.88. The molecule has 0 saturated carbocycles. The van der Waals surface area contributed by atoms with Gasteiger partial charge in [0.2, 0.25) is 5.91 Å². The number of nitrogens with two attached hydrogens (primary N) is 2. The SMILES string of the molecule is CC(CN)C(N)=O.CCCC(=O)c1ccc(/C=C/C#Cc2ccc(CN3CCOCC3)cc2)cc1. The van der Waals surface area contributed by atoms with Gasteiger partial charge in [0.15, 0.2) is 5.78 Å². The Morgan fingerprint density at radius 1 is 1.09 bits per heavy atom. The Bertz CT molecular complexity index is 1010. The third-order valence-corrected chi connectivity index (χ3v) is 5.59. The topological polar surface area (TPSA) is 98.7 Å². The number of nitrogens with zero attached hydrogens (tertiary/aromatic N) is 1. The first-order valence-corrected chi connectivity index (χ1v) is 12.1. The van der Waals surface area contributed by atoms with Crippen LogP contribution in [0.2, 0.25) is 0 Å². The number of hydrogen-bond acceptors (Lipinski definition) is 5. The third kappa shape index (κ3) is 10.7. The van der Waals surface area contributed by atoms with Gasteiger partial charge in [-0.25, -0.2) is 0 Å². The first kappa shape index (κ1) is 28.0. The van der Waals surface area contributed by atoms with E-state index in [2.05, 4.69) is 41.0 Å². The lowest BCUT2D eigenvalue weighted by Gasteiger charge is -2.26. The molecular weight excluding hydrogens is 438 g/mol. The molecule has 6 nitrogen and oxygen atoms in total. The Labute approximate surface area is 209 Å². The van der Waals surface area contributed by atoms with Gasteiger partial charge in [-0.15, -0.1) is 0 Å². The normalized spacial score (nSPS) is 14.4. The predicted octanol–water partition coefficient (Wildman–Crippen LogP) is 3.63. The fourth-order valence-corrected chi connectivity index (χ4v) is 3.24. The molecule has 1 aliphatic rings. The van der Waals surface area contributed by atoms with Crippen molar-refractivity contribution in [1.82, 2.24) is 4.90 Å². The molecule has 4 N–H and O–H groups in total. The number of allylic oxidation sites excluding steroid dienone is 1. The van der Waals surface area contributed by atoms with Gasteiger partial charge >= 0.3 is 0 Å². The van der Waals surface area contributed by atoms with Crippen molar-refractivity contribution >= 4 is 17.8 Å². The number of primary amides is 1. The van der Waals surface area contributed by atoms with E-state index < -0.39 is 0 Å². The molecular formula is C29H37N3O3. The molecule has 1 unspecified atom stereocenters. The van der Waals surface area contributed by atoms with Crippen molar-refractivity contribution in [3.63, 3.8) is 0 Å². The highest BCUT2D eigenvalue weighted by Gasteiger charge is 2.10. The van der Waals surface area contributed by atoms with Crippen molar-refractivity contribution in [2.75, 3.05) is 32.8 Å². The van der Waals surface area contributed by atoms with Crippen LogP contribution >= 0.6 is 0 Å². The third-order valence-electron chi connectivity index (χ3n) is 5.59. The Balaban J connectivity index is 0.000000540. The molecule has 1 atom stereocenters. The van der Waals surface area contributed by atoms with E-state index in [4.69, 9.17) is 16.2 Å². The van der Waals surface area contributed by atoms with Crippen LogP contribution in [0, 0.1) is 17.8 Å². The van der Waals surface area contributed by atoms with Crippen LogP contribution in [0.4, 0.5) is 0 Å². The Morgan fingerprint density at radius 3 is 2.29 bits per heavy atom. The van der Waals surface area contributed by atoms with E-state index in [9.17, 15) is 9.59 Å². The number of benzene rings is 2. The maximum Gasteiger partial charge on any atom is 0.221 e. The minimum Gasteiger partial charge on any atom is -0.379 e. The summed E-state index contributed by atoms with van der Waals surface area (Å²) in [5, 5.41) is 0. The van der Waals surface area contributed by atoms with Crippen molar-refractivity contribution in [2.24, 2.45) is 17.4 Å². The number of morpholine rings is 1. The summed E-state index contributed by atoms with van der Waals surface area (Å²) in [6, 6.07) is 16.1. The monoisotopic (exact) mass is 475 g/mol. The van der Waals surface area contributed by atoms with Gasteiger partial charge in [0.05, 0.1) is 13.2 Å². The first-order chi connectivity index (χ1) is 16.9. The van der Waals surface area contributed by atoms with Crippen LogP contribution in [-0.2, 0) is 16.1 Å². The van der Waals surface area contributed by atoms with Crippen molar-refractivity contribution in [3.05, 3.63) is 76.9 Å². The zero-order chi connectivity index (χ0) is 25.5. The summed E-state index contributed by atoms with van der Waals surface area (Å²) in [7, 11) is 0. The minimum absolute atomic E-state index is 0.181. The molecule has 1 saturated heterocycles. The summed E-state index contributed by atoms with van der Waals surface area (Å²) in [4.78, 5) is 24.3. The summed E-state index contributed by atoms with van der Waals surface area (Å²) in [6.07, 6.45) is 5.30. The molecule has 1 aliphatic heterocycles. The maximum atomic E-state index is 11.9. The Kier molecular flexibility index (Phi) is 12.5. The van der Waals surface area contributed by atoms with Gasteiger partial charge in [0.1, 0.15) is 0 Å². The van der Waals surface area contributed by atoms with E-state index in [0.29, 0.717) is 13.0 Å². The predicted molar refractivity (Wildman–Crippen MR) is 142 cm³/mol. The molecule has 0 radical (unpaired) electrons. The Hall–Kier alpha value is -3.24.